The van der Waals surface area contributed by atoms with Gasteiger partial charge < -0.3 is 15.4 Å². The van der Waals surface area contributed by atoms with Crippen LogP contribution in [-0.2, 0) is 0 Å². The summed E-state index contributed by atoms with van der Waals surface area (Å²) in [6.45, 7) is 3.07. The molecular weight excluding hydrogens is 267 g/mol. The number of hydrogen-bond acceptors (Lipinski definition) is 3. The zero-order valence-electron chi connectivity index (χ0n) is 13.3. The number of halogens is 1. The molecule has 1 saturated carbocycles. The van der Waals surface area contributed by atoms with E-state index in [9.17, 15) is 4.39 Å². The van der Waals surface area contributed by atoms with Gasteiger partial charge in [-0.1, -0.05) is 25.8 Å². The van der Waals surface area contributed by atoms with Crippen LogP contribution in [0.1, 0.15) is 44.2 Å². The van der Waals surface area contributed by atoms with Gasteiger partial charge in [0.1, 0.15) is 0 Å². The quantitative estimate of drug-likeness (QED) is 0.905. The van der Waals surface area contributed by atoms with Crippen molar-refractivity contribution < 1.29 is 9.13 Å². The Kier molecular flexibility index (Phi) is 5.59. The van der Waals surface area contributed by atoms with E-state index in [-0.39, 0.29) is 17.6 Å². The first-order chi connectivity index (χ1) is 10.0. The third-order valence-electron chi connectivity index (χ3n) is 4.62. The van der Waals surface area contributed by atoms with E-state index < -0.39 is 0 Å². The lowest BCUT2D eigenvalue weighted by Crippen LogP contribution is -2.39. The second-order valence-electron chi connectivity index (χ2n) is 6.37. The fraction of sp³-hybridized carbons (Fsp3) is 0.647. The van der Waals surface area contributed by atoms with Crippen LogP contribution in [0, 0.1) is 11.7 Å². The predicted molar refractivity (Wildman–Crippen MR) is 83.9 cm³/mol. The average molecular weight is 294 g/mol. The van der Waals surface area contributed by atoms with Crippen LogP contribution in [-0.4, -0.2) is 31.6 Å². The van der Waals surface area contributed by atoms with E-state index in [1.165, 1.54) is 38.9 Å². The molecule has 0 aliphatic heterocycles. The number of methoxy groups -OCH3 is 1. The van der Waals surface area contributed by atoms with Crippen LogP contribution in [0.4, 0.5) is 4.39 Å². The van der Waals surface area contributed by atoms with Gasteiger partial charge in [-0.3, -0.25) is 0 Å². The first kappa shape index (κ1) is 16.2. The molecular formula is C17H27FN2O. The normalized spacial score (nSPS) is 24.1. The minimum atomic E-state index is -0.348. The predicted octanol–water partition coefficient (Wildman–Crippen LogP) is 3.34. The molecule has 0 spiro atoms. The van der Waals surface area contributed by atoms with Crippen molar-refractivity contribution in [1.82, 2.24) is 4.90 Å². The van der Waals surface area contributed by atoms with Crippen LogP contribution in [0.25, 0.3) is 0 Å². The van der Waals surface area contributed by atoms with Crippen LogP contribution in [0.2, 0.25) is 0 Å². The number of hydrogen-bond donors (Lipinski definition) is 1. The van der Waals surface area contributed by atoms with Gasteiger partial charge in [-0.25, -0.2) is 4.39 Å². The zero-order valence-corrected chi connectivity index (χ0v) is 13.3. The van der Waals surface area contributed by atoms with E-state index in [0.717, 1.165) is 18.0 Å². The van der Waals surface area contributed by atoms with Gasteiger partial charge in [-0.2, -0.15) is 0 Å². The highest BCUT2D eigenvalue weighted by atomic mass is 19.1. The monoisotopic (exact) mass is 294 g/mol. The van der Waals surface area contributed by atoms with Gasteiger partial charge in [-0.15, -0.1) is 0 Å². The van der Waals surface area contributed by atoms with E-state index in [0.29, 0.717) is 6.04 Å². The molecule has 1 fully saturated rings. The number of likely N-dealkylation sites (N-methyl/N-ethyl adjacent to an activating group) is 1. The third-order valence-corrected chi connectivity index (χ3v) is 4.62. The molecule has 3 nitrogen and oxygen atoms in total. The van der Waals surface area contributed by atoms with Crippen molar-refractivity contribution in [3.05, 3.63) is 29.6 Å². The summed E-state index contributed by atoms with van der Waals surface area (Å²) >= 11 is 0. The summed E-state index contributed by atoms with van der Waals surface area (Å²) in [5.41, 5.74) is 7.07. The Morgan fingerprint density at radius 3 is 2.81 bits per heavy atom. The van der Waals surface area contributed by atoms with Gasteiger partial charge >= 0.3 is 0 Å². The summed E-state index contributed by atoms with van der Waals surface area (Å²) in [6.07, 6.45) is 5.10. The van der Waals surface area contributed by atoms with Crippen LogP contribution in [0.15, 0.2) is 18.2 Å². The highest BCUT2D eigenvalue weighted by Crippen LogP contribution is 2.28. The Hall–Kier alpha value is -1.13. The molecule has 1 aliphatic carbocycles. The Labute approximate surface area is 127 Å². The zero-order chi connectivity index (χ0) is 15.4. The highest BCUT2D eigenvalue weighted by Gasteiger charge is 2.23. The van der Waals surface area contributed by atoms with E-state index in [1.807, 2.05) is 6.07 Å². The summed E-state index contributed by atoms with van der Waals surface area (Å²) in [5, 5.41) is 0. The van der Waals surface area contributed by atoms with E-state index in [1.54, 1.807) is 6.07 Å². The second kappa shape index (κ2) is 7.23. The Bertz CT molecular complexity index is 466. The molecule has 2 N–H and O–H groups in total. The van der Waals surface area contributed by atoms with Crippen LogP contribution < -0.4 is 10.5 Å². The molecule has 1 aromatic rings. The smallest absolute Gasteiger partial charge is 0.165 e. The highest BCUT2D eigenvalue weighted by molar-refractivity contribution is 5.31. The first-order valence-corrected chi connectivity index (χ1v) is 7.80. The van der Waals surface area contributed by atoms with Crippen LogP contribution >= 0.6 is 0 Å². The molecule has 3 unspecified atom stereocenters. The molecule has 0 aromatic heterocycles. The number of nitrogens with two attached hydrogens (primary N) is 1. The van der Waals surface area contributed by atoms with Crippen LogP contribution in [0.5, 0.6) is 5.75 Å². The van der Waals surface area contributed by atoms with E-state index in [2.05, 4.69) is 18.9 Å². The minimum absolute atomic E-state index is 0.173. The van der Waals surface area contributed by atoms with Gasteiger partial charge in [0.15, 0.2) is 11.6 Å². The van der Waals surface area contributed by atoms with Crippen molar-refractivity contribution in [1.29, 1.82) is 0 Å². The van der Waals surface area contributed by atoms with Gasteiger partial charge in [0.2, 0.25) is 0 Å². The Morgan fingerprint density at radius 2 is 2.19 bits per heavy atom. The average Bonchev–Trinajstić information content (AvgIpc) is 2.47. The second-order valence-corrected chi connectivity index (χ2v) is 6.37. The largest absolute Gasteiger partial charge is 0.494 e. The molecule has 0 saturated heterocycles. The Morgan fingerprint density at radius 1 is 1.43 bits per heavy atom. The third kappa shape index (κ3) is 4.17. The summed E-state index contributed by atoms with van der Waals surface area (Å²) in [4.78, 5) is 2.34. The maximum absolute atomic E-state index is 13.8. The maximum Gasteiger partial charge on any atom is 0.165 e. The molecule has 3 atom stereocenters. The summed E-state index contributed by atoms with van der Waals surface area (Å²) in [7, 11) is 3.60. The Balaban J connectivity index is 1.96. The maximum atomic E-state index is 13.8. The number of ether oxygens (including phenoxy) is 1. The standard InChI is InChI=1S/C17H27FN2O/c1-12-5-4-6-14(9-12)20(2)11-16(19)13-7-8-17(21-3)15(18)10-13/h7-8,10,12,14,16H,4-6,9,11,19H2,1-3H3. The van der Waals surface area contributed by atoms with E-state index in [4.69, 9.17) is 10.5 Å². The number of nitrogens with zero attached hydrogens (tertiary/aromatic N) is 1. The molecule has 0 heterocycles. The molecule has 4 heteroatoms. The molecule has 118 valence electrons. The van der Waals surface area contributed by atoms with Crippen molar-refractivity contribution in [2.75, 3.05) is 20.7 Å². The number of benzene rings is 1. The molecule has 0 amide bonds. The summed E-state index contributed by atoms with van der Waals surface area (Å²) < 4.78 is 18.7. The van der Waals surface area contributed by atoms with Gasteiger partial charge in [0, 0.05) is 18.6 Å². The minimum Gasteiger partial charge on any atom is -0.494 e. The van der Waals surface area contributed by atoms with Crippen LogP contribution in [0.3, 0.4) is 0 Å². The molecule has 0 bridgehead atoms. The molecule has 21 heavy (non-hydrogen) atoms. The van der Waals surface area contributed by atoms with Crippen molar-refractivity contribution >= 4 is 0 Å². The van der Waals surface area contributed by atoms with Crippen molar-refractivity contribution in [2.45, 2.75) is 44.7 Å². The first-order valence-electron chi connectivity index (χ1n) is 7.80. The fourth-order valence-corrected chi connectivity index (χ4v) is 3.28. The summed E-state index contributed by atoms with van der Waals surface area (Å²) in [5.74, 6) is 0.709. The SMILES string of the molecule is COc1ccc(C(N)CN(C)C2CCCC(C)C2)cc1F. The molecule has 0 radical (unpaired) electrons. The molecule has 2 rings (SSSR count). The molecule has 1 aliphatic rings. The van der Waals surface area contributed by atoms with Gasteiger partial charge in [-0.05, 0) is 43.5 Å². The van der Waals surface area contributed by atoms with Crippen molar-refractivity contribution in [3.8, 4) is 5.75 Å². The molecule has 1 aromatic carbocycles. The lowest BCUT2D eigenvalue weighted by atomic mass is 9.86. The lowest BCUT2D eigenvalue weighted by Gasteiger charge is -2.35. The topological polar surface area (TPSA) is 38.5 Å². The lowest BCUT2D eigenvalue weighted by molar-refractivity contribution is 0.156. The van der Waals surface area contributed by atoms with Gasteiger partial charge in [0.05, 0.1) is 7.11 Å². The van der Waals surface area contributed by atoms with E-state index >= 15 is 0 Å². The fourth-order valence-electron chi connectivity index (χ4n) is 3.28. The van der Waals surface area contributed by atoms with Crippen molar-refractivity contribution in [2.24, 2.45) is 11.7 Å². The van der Waals surface area contributed by atoms with Gasteiger partial charge in [0.25, 0.3) is 0 Å². The summed E-state index contributed by atoms with van der Waals surface area (Å²) in [6, 6.07) is 5.41. The van der Waals surface area contributed by atoms with Crippen molar-refractivity contribution in [3.63, 3.8) is 0 Å². The number of rotatable bonds is 5.